The lowest BCUT2D eigenvalue weighted by atomic mass is 9.81. The van der Waals surface area contributed by atoms with Crippen LogP contribution in [0.25, 0.3) is 0 Å². The predicted molar refractivity (Wildman–Crippen MR) is 85.3 cm³/mol. The van der Waals surface area contributed by atoms with E-state index in [0.717, 1.165) is 38.5 Å². The van der Waals surface area contributed by atoms with Crippen LogP contribution >= 0.6 is 11.8 Å². The van der Waals surface area contributed by atoms with Crippen LogP contribution in [0.2, 0.25) is 0 Å². The summed E-state index contributed by atoms with van der Waals surface area (Å²) >= 11 is 1.67. The van der Waals surface area contributed by atoms with Crippen molar-refractivity contribution in [1.29, 1.82) is 0 Å². The van der Waals surface area contributed by atoms with Crippen molar-refractivity contribution >= 4 is 27.6 Å². The molecule has 0 heterocycles. The van der Waals surface area contributed by atoms with Gasteiger partial charge in [0.2, 0.25) is 0 Å². The average Bonchev–Trinajstić information content (AvgIpc) is 3.20. The molecule has 122 valence electrons. The Labute approximate surface area is 131 Å². The summed E-state index contributed by atoms with van der Waals surface area (Å²) in [6, 6.07) is 0.448. The quantitative estimate of drug-likeness (QED) is 0.709. The molecule has 0 saturated heterocycles. The Morgan fingerprint density at radius 3 is 2.67 bits per heavy atom. The van der Waals surface area contributed by atoms with Crippen LogP contribution in [0.4, 0.5) is 0 Å². The minimum atomic E-state index is -2.91. The van der Waals surface area contributed by atoms with E-state index in [1.807, 2.05) is 0 Å². The van der Waals surface area contributed by atoms with Gasteiger partial charge in [0.05, 0.1) is 12.9 Å². The summed E-state index contributed by atoms with van der Waals surface area (Å²) in [4.78, 5) is 12.2. The monoisotopic (exact) mass is 335 g/mol. The zero-order valence-electron chi connectivity index (χ0n) is 12.8. The van der Waals surface area contributed by atoms with E-state index in [1.54, 1.807) is 11.8 Å². The number of hydrogen-bond acceptors (Lipinski definition) is 6. The molecular formula is C14H25NO4S2. The Morgan fingerprint density at radius 2 is 2.10 bits per heavy atom. The van der Waals surface area contributed by atoms with Gasteiger partial charge in [0, 0.05) is 23.3 Å². The van der Waals surface area contributed by atoms with Gasteiger partial charge in [0.25, 0.3) is 0 Å². The summed E-state index contributed by atoms with van der Waals surface area (Å²) in [5.74, 6) is 0.641. The highest BCUT2D eigenvalue weighted by molar-refractivity contribution is 8.01. The van der Waals surface area contributed by atoms with Crippen LogP contribution in [0.5, 0.6) is 0 Å². The summed E-state index contributed by atoms with van der Waals surface area (Å²) in [5, 5.41) is 3.81. The first-order valence-corrected chi connectivity index (χ1v) is 10.6. The largest absolute Gasteiger partial charge is 0.468 e. The zero-order chi connectivity index (χ0) is 15.5. The average molecular weight is 335 g/mol. The van der Waals surface area contributed by atoms with Crippen molar-refractivity contribution < 1.29 is 17.9 Å². The molecule has 2 saturated carbocycles. The van der Waals surface area contributed by atoms with Gasteiger partial charge in [0.1, 0.15) is 15.4 Å². The number of ether oxygens (including phenoxy) is 1. The molecule has 0 radical (unpaired) electrons. The highest BCUT2D eigenvalue weighted by Crippen LogP contribution is 2.38. The number of nitrogens with one attached hydrogen (secondary N) is 1. The molecule has 21 heavy (non-hydrogen) atoms. The van der Waals surface area contributed by atoms with Crippen molar-refractivity contribution in [1.82, 2.24) is 5.32 Å². The Hall–Kier alpha value is -0.270. The molecular weight excluding hydrogens is 310 g/mol. The molecule has 5 nitrogen and oxygen atoms in total. The Bertz CT molecular complexity index is 475. The Balaban J connectivity index is 1.93. The van der Waals surface area contributed by atoms with Gasteiger partial charge < -0.3 is 4.74 Å². The van der Waals surface area contributed by atoms with Crippen LogP contribution in [-0.2, 0) is 19.4 Å². The lowest BCUT2D eigenvalue weighted by Crippen LogP contribution is -2.56. The third-order valence-electron chi connectivity index (χ3n) is 4.15. The van der Waals surface area contributed by atoms with Gasteiger partial charge >= 0.3 is 5.97 Å². The number of esters is 1. The standard InChI is InChI=1S/C14H25NO4S2/c1-19-13(16)14(15-11-5-6-11)7-3-4-12(10-14)20-8-9-21(2,17)18/h11-12,15H,3-10H2,1-2H3. The maximum Gasteiger partial charge on any atom is 0.326 e. The number of hydrogen-bond donors (Lipinski definition) is 1. The second-order valence-corrected chi connectivity index (χ2v) is 9.88. The van der Waals surface area contributed by atoms with E-state index >= 15 is 0 Å². The zero-order valence-corrected chi connectivity index (χ0v) is 14.4. The van der Waals surface area contributed by atoms with Crippen molar-refractivity contribution in [3.05, 3.63) is 0 Å². The molecule has 0 spiro atoms. The highest BCUT2D eigenvalue weighted by atomic mass is 32.2. The molecule has 2 fully saturated rings. The first-order valence-electron chi connectivity index (χ1n) is 7.50. The van der Waals surface area contributed by atoms with E-state index in [-0.39, 0.29) is 11.7 Å². The van der Waals surface area contributed by atoms with Crippen LogP contribution in [0.3, 0.4) is 0 Å². The maximum absolute atomic E-state index is 12.2. The minimum absolute atomic E-state index is 0.164. The Kier molecular flexibility index (Phi) is 5.59. The second-order valence-electron chi connectivity index (χ2n) is 6.21. The van der Waals surface area contributed by atoms with Gasteiger partial charge in [0.15, 0.2) is 0 Å². The van der Waals surface area contributed by atoms with Crippen molar-refractivity contribution in [2.24, 2.45) is 0 Å². The lowest BCUT2D eigenvalue weighted by Gasteiger charge is -2.39. The first-order chi connectivity index (χ1) is 9.85. The van der Waals surface area contributed by atoms with Crippen LogP contribution < -0.4 is 5.32 Å². The van der Waals surface area contributed by atoms with Crippen molar-refractivity contribution in [2.45, 2.75) is 55.4 Å². The fraction of sp³-hybridized carbons (Fsp3) is 0.929. The summed E-state index contributed by atoms with van der Waals surface area (Å²) in [6.07, 6.45) is 7.10. The molecule has 0 bridgehead atoms. The predicted octanol–water partition coefficient (Wildman–Crippen LogP) is 1.37. The van der Waals surface area contributed by atoms with Crippen LogP contribution in [0.15, 0.2) is 0 Å². The molecule has 0 aromatic rings. The van der Waals surface area contributed by atoms with Gasteiger partial charge in [-0.2, -0.15) is 11.8 Å². The molecule has 0 aromatic heterocycles. The first kappa shape index (κ1) is 17.1. The topological polar surface area (TPSA) is 72.5 Å². The minimum Gasteiger partial charge on any atom is -0.468 e. The fourth-order valence-corrected chi connectivity index (χ4v) is 5.59. The molecule has 2 aliphatic carbocycles. The molecule has 7 heteroatoms. The van der Waals surface area contributed by atoms with E-state index in [0.29, 0.717) is 17.0 Å². The fourth-order valence-electron chi connectivity index (χ4n) is 2.92. The van der Waals surface area contributed by atoms with Crippen molar-refractivity contribution in [3.63, 3.8) is 0 Å². The molecule has 0 aliphatic heterocycles. The van der Waals surface area contributed by atoms with Gasteiger partial charge in [-0.1, -0.05) is 0 Å². The summed E-state index contributed by atoms with van der Waals surface area (Å²) in [7, 11) is -1.47. The van der Waals surface area contributed by atoms with E-state index in [1.165, 1.54) is 13.4 Å². The molecule has 1 N–H and O–H groups in total. The molecule has 0 aromatic carbocycles. The third kappa shape index (κ3) is 5.14. The van der Waals surface area contributed by atoms with Crippen LogP contribution in [-0.4, -0.2) is 56.1 Å². The SMILES string of the molecule is COC(=O)C1(NC2CC2)CCCC(SCCS(C)(=O)=O)C1. The molecule has 2 rings (SSSR count). The smallest absolute Gasteiger partial charge is 0.326 e. The van der Waals surface area contributed by atoms with Gasteiger partial charge in [-0.3, -0.25) is 10.1 Å². The molecule has 2 atom stereocenters. The van der Waals surface area contributed by atoms with E-state index in [9.17, 15) is 13.2 Å². The summed E-state index contributed by atoms with van der Waals surface area (Å²) < 4.78 is 27.4. The molecule has 0 amide bonds. The maximum atomic E-state index is 12.2. The Morgan fingerprint density at radius 1 is 1.38 bits per heavy atom. The number of sulfone groups is 1. The molecule has 2 unspecified atom stereocenters. The summed E-state index contributed by atoms with van der Waals surface area (Å²) in [5.41, 5.74) is -0.559. The lowest BCUT2D eigenvalue weighted by molar-refractivity contribution is -0.150. The van der Waals surface area contributed by atoms with Crippen LogP contribution in [0, 0.1) is 0 Å². The van der Waals surface area contributed by atoms with E-state index in [2.05, 4.69) is 5.32 Å². The third-order valence-corrected chi connectivity index (χ3v) is 6.67. The van der Waals surface area contributed by atoms with Gasteiger partial charge in [-0.05, 0) is 38.5 Å². The highest BCUT2D eigenvalue weighted by Gasteiger charge is 2.46. The normalized spacial score (nSPS) is 30.1. The number of carbonyl (C=O) groups is 1. The van der Waals surface area contributed by atoms with Crippen LogP contribution in [0.1, 0.15) is 38.5 Å². The van der Waals surface area contributed by atoms with Gasteiger partial charge in [-0.25, -0.2) is 8.42 Å². The number of thioether (sulfide) groups is 1. The number of methoxy groups -OCH3 is 1. The number of rotatable bonds is 7. The van der Waals surface area contributed by atoms with Crippen molar-refractivity contribution in [3.8, 4) is 0 Å². The van der Waals surface area contributed by atoms with Crippen molar-refractivity contribution in [2.75, 3.05) is 24.9 Å². The van der Waals surface area contributed by atoms with E-state index < -0.39 is 15.4 Å². The molecule has 2 aliphatic rings. The van der Waals surface area contributed by atoms with Gasteiger partial charge in [-0.15, -0.1) is 0 Å². The summed E-state index contributed by atoms with van der Waals surface area (Å²) in [6.45, 7) is 0. The number of carbonyl (C=O) groups excluding carboxylic acids is 1. The van der Waals surface area contributed by atoms with E-state index in [4.69, 9.17) is 4.74 Å². The second kappa shape index (κ2) is 6.87.